The zero-order chi connectivity index (χ0) is 10.7. The van der Waals surface area contributed by atoms with Crippen LogP contribution in [0.1, 0.15) is 12.0 Å². The minimum atomic E-state index is 0.0967. The van der Waals surface area contributed by atoms with Crippen molar-refractivity contribution < 1.29 is 4.79 Å². The van der Waals surface area contributed by atoms with Gasteiger partial charge >= 0.3 is 0 Å². The number of amidine groups is 1. The third kappa shape index (κ3) is 2.13. The fraction of sp³-hybridized carbons (Fsp3) is 0.167. The average molecular weight is 200 g/mol. The predicted molar refractivity (Wildman–Crippen MR) is 60.5 cm³/mol. The highest BCUT2D eigenvalue weighted by atomic mass is 16.1. The van der Waals surface area contributed by atoms with Gasteiger partial charge in [-0.05, 0) is 11.6 Å². The van der Waals surface area contributed by atoms with Gasteiger partial charge in [0.1, 0.15) is 5.84 Å². The Kier molecular flexibility index (Phi) is 2.63. The minimum absolute atomic E-state index is 0.0967. The molecule has 1 aliphatic rings. The maximum atomic E-state index is 11.5. The molecule has 15 heavy (non-hydrogen) atoms. The first-order chi connectivity index (χ1) is 7.29. The van der Waals surface area contributed by atoms with Crippen molar-refractivity contribution >= 4 is 17.7 Å². The van der Waals surface area contributed by atoms with Gasteiger partial charge in [-0.15, -0.1) is 0 Å². The summed E-state index contributed by atoms with van der Waals surface area (Å²) in [5, 5.41) is 3.00. The maximum Gasteiger partial charge on any atom is 0.186 e. The lowest BCUT2D eigenvalue weighted by Crippen LogP contribution is -2.12. The van der Waals surface area contributed by atoms with Crippen LogP contribution in [0.5, 0.6) is 0 Å². The lowest BCUT2D eigenvalue weighted by Gasteiger charge is -1.97. The van der Waals surface area contributed by atoms with E-state index in [0.29, 0.717) is 12.1 Å². The van der Waals surface area contributed by atoms with Crippen LogP contribution in [0.4, 0.5) is 0 Å². The quantitative estimate of drug-likeness (QED) is 0.700. The van der Waals surface area contributed by atoms with Crippen LogP contribution in [-0.2, 0) is 4.79 Å². The molecule has 0 unspecified atom stereocenters. The molecule has 0 spiro atoms. The van der Waals surface area contributed by atoms with E-state index in [1.807, 2.05) is 36.4 Å². The fourth-order valence-electron chi connectivity index (χ4n) is 1.48. The third-order valence-corrected chi connectivity index (χ3v) is 2.29. The van der Waals surface area contributed by atoms with Crippen LogP contribution in [0, 0.1) is 0 Å². The molecule has 0 radical (unpaired) electrons. The first-order valence-corrected chi connectivity index (χ1v) is 4.82. The number of ketones is 1. The number of benzene rings is 1. The zero-order valence-corrected chi connectivity index (χ0v) is 8.53. The van der Waals surface area contributed by atoms with Gasteiger partial charge in [0.2, 0.25) is 0 Å². The molecule has 1 saturated heterocycles. The molecule has 0 amide bonds. The normalized spacial score (nSPS) is 21.0. The number of carbonyl (C=O) groups excluding carboxylic acids is 1. The summed E-state index contributed by atoms with van der Waals surface area (Å²) in [7, 11) is 1.68. The summed E-state index contributed by atoms with van der Waals surface area (Å²) in [5.41, 5.74) is 1.65. The molecule has 1 aromatic carbocycles. The number of allylic oxidation sites excluding steroid dienone is 1. The van der Waals surface area contributed by atoms with E-state index in [4.69, 9.17) is 0 Å². The summed E-state index contributed by atoms with van der Waals surface area (Å²) in [6, 6.07) is 9.76. The van der Waals surface area contributed by atoms with Gasteiger partial charge in [0, 0.05) is 7.05 Å². The molecule has 1 aliphatic heterocycles. The molecule has 0 aliphatic carbocycles. The number of hydrogen-bond acceptors (Lipinski definition) is 2. The molecule has 0 atom stereocenters. The van der Waals surface area contributed by atoms with Crippen LogP contribution in [0.15, 0.2) is 41.0 Å². The van der Waals surface area contributed by atoms with E-state index >= 15 is 0 Å². The summed E-state index contributed by atoms with van der Waals surface area (Å²) in [6.45, 7) is 0. The van der Waals surface area contributed by atoms with Gasteiger partial charge in [-0.3, -0.25) is 9.79 Å². The Balaban J connectivity index is 2.26. The number of rotatable bonds is 1. The summed E-state index contributed by atoms with van der Waals surface area (Å²) in [5.74, 6) is 0.835. The van der Waals surface area contributed by atoms with E-state index < -0.39 is 0 Å². The van der Waals surface area contributed by atoms with Crippen molar-refractivity contribution in [3.63, 3.8) is 0 Å². The standard InChI is InChI=1S/C12H12N2O/c1-13-12-8-11(15)10(14-12)7-9-5-3-2-4-6-9/h2-7H,8H2,1H3,(H,13,14)/b10-7-. The van der Waals surface area contributed by atoms with Crippen molar-refractivity contribution in [1.29, 1.82) is 0 Å². The van der Waals surface area contributed by atoms with Crippen LogP contribution in [0.25, 0.3) is 6.08 Å². The second-order valence-corrected chi connectivity index (χ2v) is 3.36. The molecule has 3 nitrogen and oxygen atoms in total. The number of hydrogen-bond donors (Lipinski definition) is 1. The van der Waals surface area contributed by atoms with Crippen molar-refractivity contribution in [2.45, 2.75) is 6.42 Å². The van der Waals surface area contributed by atoms with Gasteiger partial charge in [0.25, 0.3) is 0 Å². The molecule has 2 rings (SSSR count). The fourth-order valence-corrected chi connectivity index (χ4v) is 1.48. The molecule has 3 heteroatoms. The average Bonchev–Trinajstić information content (AvgIpc) is 2.61. The molecule has 0 aromatic heterocycles. The second kappa shape index (κ2) is 4.09. The molecule has 76 valence electrons. The zero-order valence-electron chi connectivity index (χ0n) is 8.53. The number of Topliss-reactive ketones (excluding diaryl/α,β-unsaturated/α-hetero) is 1. The van der Waals surface area contributed by atoms with Crippen LogP contribution >= 0.6 is 0 Å². The molecule has 0 bridgehead atoms. The molecule has 1 fully saturated rings. The number of aliphatic imine (C=N–C) groups is 1. The Morgan fingerprint density at radius 2 is 2.07 bits per heavy atom. The summed E-state index contributed by atoms with van der Waals surface area (Å²) in [4.78, 5) is 15.5. The Hall–Kier alpha value is -1.90. The molecule has 0 saturated carbocycles. The second-order valence-electron chi connectivity index (χ2n) is 3.36. The molecule has 1 heterocycles. The molecular weight excluding hydrogens is 188 g/mol. The van der Waals surface area contributed by atoms with Crippen molar-refractivity contribution in [3.05, 3.63) is 41.6 Å². The van der Waals surface area contributed by atoms with Crippen LogP contribution in [0.3, 0.4) is 0 Å². The highest BCUT2D eigenvalue weighted by Gasteiger charge is 2.21. The first kappa shape index (κ1) is 9.65. The van der Waals surface area contributed by atoms with Gasteiger partial charge < -0.3 is 5.32 Å². The molecule has 1 N–H and O–H groups in total. The number of nitrogens with one attached hydrogen (secondary N) is 1. The lowest BCUT2D eigenvalue weighted by atomic mass is 10.1. The van der Waals surface area contributed by atoms with Crippen LogP contribution in [0.2, 0.25) is 0 Å². The smallest absolute Gasteiger partial charge is 0.186 e. The van der Waals surface area contributed by atoms with E-state index in [1.54, 1.807) is 7.05 Å². The Morgan fingerprint density at radius 1 is 1.33 bits per heavy atom. The lowest BCUT2D eigenvalue weighted by molar-refractivity contribution is -0.114. The largest absolute Gasteiger partial charge is 0.341 e. The van der Waals surface area contributed by atoms with Gasteiger partial charge in [-0.25, -0.2) is 0 Å². The first-order valence-electron chi connectivity index (χ1n) is 4.82. The highest BCUT2D eigenvalue weighted by Crippen LogP contribution is 2.12. The third-order valence-electron chi connectivity index (χ3n) is 2.29. The highest BCUT2D eigenvalue weighted by molar-refractivity contribution is 6.18. The van der Waals surface area contributed by atoms with E-state index in [0.717, 1.165) is 11.4 Å². The molecular formula is C12H12N2O. The van der Waals surface area contributed by atoms with E-state index in [9.17, 15) is 4.79 Å². The van der Waals surface area contributed by atoms with Crippen molar-refractivity contribution in [2.24, 2.45) is 4.99 Å². The topological polar surface area (TPSA) is 41.5 Å². The van der Waals surface area contributed by atoms with E-state index in [-0.39, 0.29) is 5.78 Å². The Bertz CT molecular complexity index is 432. The summed E-state index contributed by atoms with van der Waals surface area (Å²) in [6.07, 6.45) is 2.23. The van der Waals surface area contributed by atoms with E-state index in [1.165, 1.54) is 0 Å². The SMILES string of the molecule is CN=C1CC(=O)/C(=C/c2ccccc2)N1. The Labute approximate surface area is 88.5 Å². The summed E-state index contributed by atoms with van der Waals surface area (Å²) >= 11 is 0. The van der Waals surface area contributed by atoms with Gasteiger partial charge in [-0.2, -0.15) is 0 Å². The predicted octanol–water partition coefficient (Wildman–Crippen LogP) is 1.62. The number of nitrogens with zero attached hydrogens (tertiary/aromatic N) is 1. The molecule has 1 aromatic rings. The van der Waals surface area contributed by atoms with Crippen molar-refractivity contribution in [2.75, 3.05) is 7.05 Å². The van der Waals surface area contributed by atoms with Crippen LogP contribution in [-0.4, -0.2) is 18.7 Å². The number of carbonyl (C=O) groups is 1. The minimum Gasteiger partial charge on any atom is -0.341 e. The summed E-state index contributed by atoms with van der Waals surface area (Å²) < 4.78 is 0. The maximum absolute atomic E-state index is 11.5. The van der Waals surface area contributed by atoms with Gasteiger partial charge in [0.05, 0.1) is 12.1 Å². The van der Waals surface area contributed by atoms with E-state index in [2.05, 4.69) is 10.3 Å². The van der Waals surface area contributed by atoms with Crippen molar-refractivity contribution in [3.8, 4) is 0 Å². The van der Waals surface area contributed by atoms with Gasteiger partial charge in [-0.1, -0.05) is 30.3 Å². The Morgan fingerprint density at radius 3 is 2.67 bits per heavy atom. The van der Waals surface area contributed by atoms with Crippen molar-refractivity contribution in [1.82, 2.24) is 5.32 Å². The van der Waals surface area contributed by atoms with Crippen LogP contribution < -0.4 is 5.32 Å². The van der Waals surface area contributed by atoms with Gasteiger partial charge in [0.15, 0.2) is 5.78 Å². The monoisotopic (exact) mass is 200 g/mol.